The van der Waals surface area contributed by atoms with E-state index >= 15 is 0 Å². The highest BCUT2D eigenvalue weighted by molar-refractivity contribution is 7.13. The van der Waals surface area contributed by atoms with E-state index in [2.05, 4.69) is 15.5 Å². The fourth-order valence-electron chi connectivity index (χ4n) is 1.67. The van der Waals surface area contributed by atoms with Crippen LogP contribution in [0, 0.1) is 0 Å². The molecule has 0 radical (unpaired) electrons. The first kappa shape index (κ1) is 16.1. The molecular weight excluding hydrogens is 302 g/mol. The van der Waals surface area contributed by atoms with Crippen LogP contribution in [0.3, 0.4) is 0 Å². The Balaban J connectivity index is 1.87. The molecule has 7 heteroatoms. The molecule has 0 unspecified atom stereocenters. The number of hydrogen-bond acceptors (Lipinski definition) is 7. The SMILES string of the molecule is CCOC(=O)Cc1csc(NN=Cc2ccc(CO)cc2)n1. The Morgan fingerprint density at radius 3 is 2.91 bits per heavy atom. The monoisotopic (exact) mass is 319 g/mol. The van der Waals surface area contributed by atoms with Crippen molar-refractivity contribution < 1.29 is 14.6 Å². The molecule has 2 rings (SSSR count). The van der Waals surface area contributed by atoms with Gasteiger partial charge in [0.1, 0.15) is 0 Å². The van der Waals surface area contributed by atoms with Gasteiger partial charge in [0.05, 0.1) is 31.5 Å². The summed E-state index contributed by atoms with van der Waals surface area (Å²) in [6, 6.07) is 7.40. The first-order chi connectivity index (χ1) is 10.7. The van der Waals surface area contributed by atoms with Gasteiger partial charge in [0.2, 0.25) is 5.13 Å². The van der Waals surface area contributed by atoms with E-state index in [0.717, 1.165) is 11.1 Å². The van der Waals surface area contributed by atoms with Gasteiger partial charge in [-0.1, -0.05) is 24.3 Å². The summed E-state index contributed by atoms with van der Waals surface area (Å²) in [5.74, 6) is -0.285. The third-order valence-corrected chi connectivity index (χ3v) is 3.51. The van der Waals surface area contributed by atoms with Crippen LogP contribution in [0.15, 0.2) is 34.7 Å². The predicted octanol–water partition coefficient (Wildman–Crippen LogP) is 2.19. The van der Waals surface area contributed by atoms with Crippen LogP contribution in [-0.2, 0) is 22.6 Å². The van der Waals surface area contributed by atoms with E-state index in [0.29, 0.717) is 17.4 Å². The van der Waals surface area contributed by atoms with Gasteiger partial charge < -0.3 is 9.84 Å². The molecule has 0 aliphatic carbocycles. The molecule has 1 heterocycles. The zero-order chi connectivity index (χ0) is 15.8. The van der Waals surface area contributed by atoms with Gasteiger partial charge in [0.25, 0.3) is 0 Å². The van der Waals surface area contributed by atoms with Crippen molar-refractivity contribution in [3.8, 4) is 0 Å². The number of aliphatic hydroxyl groups is 1. The van der Waals surface area contributed by atoms with Crippen LogP contribution < -0.4 is 5.43 Å². The van der Waals surface area contributed by atoms with Gasteiger partial charge in [0, 0.05) is 5.38 Å². The summed E-state index contributed by atoms with van der Waals surface area (Å²) in [6.07, 6.45) is 1.83. The van der Waals surface area contributed by atoms with Gasteiger partial charge in [-0.15, -0.1) is 11.3 Å². The van der Waals surface area contributed by atoms with Crippen molar-refractivity contribution in [2.45, 2.75) is 20.0 Å². The molecule has 0 saturated carbocycles. The van der Waals surface area contributed by atoms with Crippen LogP contribution in [0.25, 0.3) is 0 Å². The molecule has 22 heavy (non-hydrogen) atoms. The molecule has 0 bridgehead atoms. The van der Waals surface area contributed by atoms with E-state index in [1.54, 1.807) is 18.5 Å². The van der Waals surface area contributed by atoms with E-state index in [1.807, 2.05) is 24.3 Å². The minimum atomic E-state index is -0.285. The second-order valence-electron chi connectivity index (χ2n) is 4.40. The van der Waals surface area contributed by atoms with Crippen molar-refractivity contribution in [3.63, 3.8) is 0 Å². The van der Waals surface area contributed by atoms with E-state index in [9.17, 15) is 4.79 Å². The quantitative estimate of drug-likeness (QED) is 0.464. The molecule has 0 aliphatic heterocycles. The Labute approximate surface area is 132 Å². The highest BCUT2D eigenvalue weighted by atomic mass is 32.1. The number of thiazole rings is 1. The molecule has 0 fully saturated rings. The first-order valence-electron chi connectivity index (χ1n) is 6.80. The Hall–Kier alpha value is -2.25. The van der Waals surface area contributed by atoms with Crippen LogP contribution in [0.2, 0.25) is 0 Å². The van der Waals surface area contributed by atoms with E-state index < -0.39 is 0 Å². The number of hydrogen-bond donors (Lipinski definition) is 2. The highest BCUT2D eigenvalue weighted by Gasteiger charge is 2.07. The molecule has 2 N–H and O–H groups in total. The fraction of sp³-hybridized carbons (Fsp3) is 0.267. The lowest BCUT2D eigenvalue weighted by Crippen LogP contribution is -2.07. The first-order valence-corrected chi connectivity index (χ1v) is 7.68. The normalized spacial score (nSPS) is 10.8. The summed E-state index contributed by atoms with van der Waals surface area (Å²) >= 11 is 1.37. The summed E-state index contributed by atoms with van der Waals surface area (Å²) in [6.45, 7) is 2.17. The third-order valence-electron chi connectivity index (χ3n) is 2.72. The molecule has 0 saturated heterocycles. The van der Waals surface area contributed by atoms with Gasteiger partial charge >= 0.3 is 5.97 Å². The molecular formula is C15H17N3O3S. The molecule has 6 nitrogen and oxygen atoms in total. The lowest BCUT2D eigenvalue weighted by Gasteiger charge is -1.98. The van der Waals surface area contributed by atoms with Crippen molar-refractivity contribution in [2.24, 2.45) is 5.10 Å². The number of esters is 1. The zero-order valence-electron chi connectivity index (χ0n) is 12.2. The van der Waals surface area contributed by atoms with Crippen LogP contribution in [-0.4, -0.2) is 28.9 Å². The van der Waals surface area contributed by atoms with Gasteiger partial charge in [0.15, 0.2) is 0 Å². The van der Waals surface area contributed by atoms with Gasteiger partial charge in [-0.3, -0.25) is 10.2 Å². The van der Waals surface area contributed by atoms with Crippen LogP contribution in [0.4, 0.5) is 5.13 Å². The van der Waals surface area contributed by atoms with Crippen molar-refractivity contribution in [1.29, 1.82) is 0 Å². The second kappa shape index (κ2) is 8.26. The van der Waals surface area contributed by atoms with Crippen molar-refractivity contribution in [1.82, 2.24) is 4.98 Å². The molecule has 0 spiro atoms. The standard InChI is InChI=1S/C15H17N3O3S/c1-2-21-14(20)7-13-10-22-15(17-13)18-16-8-11-3-5-12(9-19)6-4-11/h3-6,8,10,19H,2,7,9H2,1H3,(H,17,18). The molecule has 116 valence electrons. The summed E-state index contributed by atoms with van der Waals surface area (Å²) in [5, 5.41) is 15.5. The molecule has 1 aromatic heterocycles. The van der Waals surface area contributed by atoms with Crippen molar-refractivity contribution >= 4 is 28.7 Å². The highest BCUT2D eigenvalue weighted by Crippen LogP contribution is 2.16. The van der Waals surface area contributed by atoms with Crippen LogP contribution >= 0.6 is 11.3 Å². The number of nitrogens with zero attached hydrogens (tertiary/aromatic N) is 2. The summed E-state index contributed by atoms with van der Waals surface area (Å²) in [4.78, 5) is 15.6. The number of anilines is 1. The smallest absolute Gasteiger partial charge is 0.311 e. The molecule has 0 aliphatic rings. The number of benzene rings is 1. The van der Waals surface area contributed by atoms with E-state index in [-0.39, 0.29) is 19.0 Å². The molecule has 1 aromatic carbocycles. The largest absolute Gasteiger partial charge is 0.466 e. The number of carbonyl (C=O) groups is 1. The Bertz CT molecular complexity index is 638. The average Bonchev–Trinajstić information content (AvgIpc) is 2.95. The van der Waals surface area contributed by atoms with Crippen molar-refractivity contribution in [2.75, 3.05) is 12.0 Å². The maximum Gasteiger partial charge on any atom is 0.311 e. The predicted molar refractivity (Wildman–Crippen MR) is 86.0 cm³/mol. The number of nitrogens with one attached hydrogen (secondary N) is 1. The Morgan fingerprint density at radius 1 is 1.45 bits per heavy atom. The lowest BCUT2D eigenvalue weighted by atomic mass is 10.2. The van der Waals surface area contributed by atoms with Crippen molar-refractivity contribution in [3.05, 3.63) is 46.5 Å². The van der Waals surface area contributed by atoms with Gasteiger partial charge in [-0.25, -0.2) is 4.98 Å². The number of aromatic nitrogens is 1. The number of carbonyl (C=O) groups excluding carboxylic acids is 1. The van der Waals surface area contributed by atoms with Gasteiger partial charge in [-0.2, -0.15) is 5.10 Å². The average molecular weight is 319 g/mol. The minimum absolute atomic E-state index is 0.0258. The molecule has 2 aromatic rings. The number of hydrazone groups is 1. The number of aliphatic hydroxyl groups excluding tert-OH is 1. The number of ether oxygens (including phenoxy) is 1. The maximum atomic E-state index is 11.3. The van der Waals surface area contributed by atoms with Gasteiger partial charge in [-0.05, 0) is 18.1 Å². The lowest BCUT2D eigenvalue weighted by molar-refractivity contribution is -0.142. The van der Waals surface area contributed by atoms with E-state index in [4.69, 9.17) is 9.84 Å². The summed E-state index contributed by atoms with van der Waals surface area (Å²) in [7, 11) is 0. The van der Waals surface area contributed by atoms with Crippen LogP contribution in [0.5, 0.6) is 0 Å². The fourth-order valence-corrected chi connectivity index (χ4v) is 2.33. The minimum Gasteiger partial charge on any atom is -0.466 e. The maximum absolute atomic E-state index is 11.3. The molecule has 0 amide bonds. The van der Waals surface area contributed by atoms with Crippen LogP contribution in [0.1, 0.15) is 23.7 Å². The third kappa shape index (κ3) is 4.94. The van der Waals surface area contributed by atoms with E-state index in [1.165, 1.54) is 11.3 Å². The summed E-state index contributed by atoms with van der Waals surface area (Å²) in [5.41, 5.74) is 5.25. The topological polar surface area (TPSA) is 83.8 Å². The summed E-state index contributed by atoms with van der Waals surface area (Å²) < 4.78 is 4.87. The number of rotatable bonds is 7. The second-order valence-corrected chi connectivity index (χ2v) is 5.25. The zero-order valence-corrected chi connectivity index (χ0v) is 13.0. The Kier molecular flexibility index (Phi) is 6.05. The Morgan fingerprint density at radius 2 is 2.23 bits per heavy atom. The molecule has 0 atom stereocenters.